The van der Waals surface area contributed by atoms with E-state index in [9.17, 15) is 0 Å². The van der Waals surface area contributed by atoms with E-state index in [1.165, 1.54) is 4.80 Å². The van der Waals surface area contributed by atoms with Crippen molar-refractivity contribution < 1.29 is 0 Å². The molecule has 20 heavy (non-hydrogen) atoms. The van der Waals surface area contributed by atoms with Crippen molar-refractivity contribution in [3.05, 3.63) is 39.5 Å². The van der Waals surface area contributed by atoms with Crippen LogP contribution in [0.5, 0.6) is 0 Å². The van der Waals surface area contributed by atoms with Gasteiger partial charge >= 0.3 is 0 Å². The first kappa shape index (κ1) is 13.4. The molecular formula is C12H10Br2N6. The maximum absolute atomic E-state index is 4.38. The Morgan fingerprint density at radius 3 is 2.70 bits per heavy atom. The number of halogens is 2. The van der Waals surface area contributed by atoms with Gasteiger partial charge in [0, 0.05) is 4.47 Å². The van der Waals surface area contributed by atoms with Gasteiger partial charge in [-0.05, 0) is 56.1 Å². The Labute approximate surface area is 132 Å². The van der Waals surface area contributed by atoms with Gasteiger partial charge in [-0.1, -0.05) is 12.1 Å². The smallest absolute Gasteiger partial charge is 0.209 e. The highest BCUT2D eigenvalue weighted by Gasteiger charge is 2.16. The Balaban J connectivity index is 2.07. The Morgan fingerprint density at radius 1 is 1.20 bits per heavy atom. The monoisotopic (exact) mass is 396 g/mol. The summed E-state index contributed by atoms with van der Waals surface area (Å²) in [5.74, 6) is 0.553. The second-order valence-corrected chi connectivity index (χ2v) is 5.62. The minimum Gasteiger partial charge on any atom is -0.225 e. The van der Waals surface area contributed by atoms with Gasteiger partial charge in [0.2, 0.25) is 5.82 Å². The highest BCUT2D eigenvalue weighted by Crippen LogP contribution is 2.30. The first-order valence-corrected chi connectivity index (χ1v) is 7.56. The van der Waals surface area contributed by atoms with Gasteiger partial charge in [-0.3, -0.25) is 0 Å². The van der Waals surface area contributed by atoms with Crippen LogP contribution in [-0.2, 0) is 6.54 Å². The van der Waals surface area contributed by atoms with Crippen molar-refractivity contribution in [2.24, 2.45) is 0 Å². The highest BCUT2D eigenvalue weighted by molar-refractivity contribution is 9.11. The summed E-state index contributed by atoms with van der Waals surface area (Å²) in [6.07, 6.45) is 1.72. The van der Waals surface area contributed by atoms with Crippen LogP contribution in [0.2, 0.25) is 0 Å². The zero-order valence-electron chi connectivity index (χ0n) is 10.5. The molecule has 0 atom stereocenters. The van der Waals surface area contributed by atoms with Crippen LogP contribution in [0.4, 0.5) is 0 Å². The van der Waals surface area contributed by atoms with Gasteiger partial charge in [-0.25, -0.2) is 4.68 Å². The molecule has 8 heteroatoms. The quantitative estimate of drug-likeness (QED) is 0.681. The Hall–Kier alpha value is -1.54. The molecule has 0 aliphatic rings. The number of aromatic nitrogens is 6. The molecule has 0 fully saturated rings. The van der Waals surface area contributed by atoms with E-state index >= 15 is 0 Å². The van der Waals surface area contributed by atoms with Gasteiger partial charge in [0.25, 0.3) is 0 Å². The van der Waals surface area contributed by atoms with Crippen LogP contribution in [0.25, 0.3) is 17.1 Å². The average molecular weight is 398 g/mol. The molecule has 0 saturated heterocycles. The van der Waals surface area contributed by atoms with Crippen LogP contribution in [0.15, 0.2) is 39.5 Å². The molecule has 0 aliphatic heterocycles. The van der Waals surface area contributed by atoms with Gasteiger partial charge in [0.15, 0.2) is 0 Å². The molecule has 102 valence electrons. The summed E-state index contributed by atoms with van der Waals surface area (Å²) in [6.45, 7) is 2.65. The minimum atomic E-state index is 0.553. The standard InChI is InChI=1S/C12H10Br2N6/c1-2-19-17-12(16-18-19)8-7-15-20(11(8)14)10-6-4-3-5-9(10)13/h3-7H,2H2,1H3. The zero-order chi connectivity index (χ0) is 14.1. The Bertz CT molecular complexity index is 748. The van der Waals surface area contributed by atoms with E-state index in [-0.39, 0.29) is 0 Å². The lowest BCUT2D eigenvalue weighted by atomic mass is 10.3. The zero-order valence-corrected chi connectivity index (χ0v) is 13.7. The van der Waals surface area contributed by atoms with Crippen LogP contribution >= 0.6 is 31.9 Å². The molecule has 0 unspecified atom stereocenters. The van der Waals surface area contributed by atoms with Gasteiger partial charge in [-0.15, -0.1) is 10.2 Å². The van der Waals surface area contributed by atoms with Crippen LogP contribution in [0, 0.1) is 0 Å². The fourth-order valence-electron chi connectivity index (χ4n) is 1.76. The van der Waals surface area contributed by atoms with Crippen molar-refractivity contribution in [3.8, 4) is 17.1 Å². The second kappa shape index (κ2) is 5.45. The van der Waals surface area contributed by atoms with E-state index < -0.39 is 0 Å². The number of aryl methyl sites for hydroxylation is 1. The predicted octanol–water partition coefficient (Wildman–Crippen LogP) is 3.07. The number of para-hydroxylation sites is 1. The first-order chi connectivity index (χ1) is 9.70. The predicted molar refractivity (Wildman–Crippen MR) is 81.4 cm³/mol. The topological polar surface area (TPSA) is 61.4 Å². The maximum Gasteiger partial charge on any atom is 0.209 e. The molecule has 0 aliphatic carbocycles. The number of hydrogen-bond acceptors (Lipinski definition) is 4. The van der Waals surface area contributed by atoms with Crippen LogP contribution in [-0.4, -0.2) is 30.0 Å². The lowest BCUT2D eigenvalue weighted by molar-refractivity contribution is 0.553. The van der Waals surface area contributed by atoms with E-state index in [2.05, 4.69) is 52.4 Å². The summed E-state index contributed by atoms with van der Waals surface area (Å²) < 4.78 is 3.53. The van der Waals surface area contributed by atoms with Gasteiger partial charge in [-0.2, -0.15) is 9.90 Å². The molecule has 3 rings (SSSR count). The molecule has 0 spiro atoms. The molecule has 0 radical (unpaired) electrons. The van der Waals surface area contributed by atoms with Crippen LogP contribution in [0.3, 0.4) is 0 Å². The minimum absolute atomic E-state index is 0.553. The molecule has 1 aromatic carbocycles. The summed E-state index contributed by atoms with van der Waals surface area (Å²) in [5.41, 5.74) is 1.74. The fourth-order valence-corrected chi connectivity index (χ4v) is 2.78. The molecule has 0 N–H and O–H groups in total. The Kier molecular flexibility index (Phi) is 3.66. The van der Waals surface area contributed by atoms with Crippen LogP contribution in [0.1, 0.15) is 6.92 Å². The molecule has 0 amide bonds. The lowest BCUT2D eigenvalue weighted by Crippen LogP contribution is -1.98. The number of rotatable bonds is 3. The third kappa shape index (κ3) is 2.29. The summed E-state index contributed by atoms with van der Waals surface area (Å²) >= 11 is 7.07. The summed E-state index contributed by atoms with van der Waals surface area (Å²) in [7, 11) is 0. The highest BCUT2D eigenvalue weighted by atomic mass is 79.9. The second-order valence-electron chi connectivity index (χ2n) is 4.01. The first-order valence-electron chi connectivity index (χ1n) is 5.97. The molecular weight excluding hydrogens is 388 g/mol. The molecule has 0 bridgehead atoms. The number of nitrogens with zero attached hydrogens (tertiary/aromatic N) is 6. The Morgan fingerprint density at radius 2 is 2.00 bits per heavy atom. The van der Waals surface area contributed by atoms with Crippen molar-refractivity contribution in [2.75, 3.05) is 0 Å². The van der Waals surface area contributed by atoms with E-state index in [1.54, 1.807) is 10.9 Å². The number of hydrogen-bond donors (Lipinski definition) is 0. The van der Waals surface area contributed by atoms with Crippen molar-refractivity contribution >= 4 is 31.9 Å². The molecule has 3 aromatic rings. The largest absolute Gasteiger partial charge is 0.225 e. The van der Waals surface area contributed by atoms with E-state index in [0.717, 1.165) is 20.3 Å². The lowest BCUT2D eigenvalue weighted by Gasteiger charge is -2.05. The summed E-state index contributed by atoms with van der Waals surface area (Å²) in [6, 6.07) is 7.86. The average Bonchev–Trinajstić information content (AvgIpc) is 3.06. The third-order valence-electron chi connectivity index (χ3n) is 2.77. The molecule has 0 saturated carbocycles. The normalized spacial score (nSPS) is 10.9. The maximum atomic E-state index is 4.38. The molecule has 6 nitrogen and oxygen atoms in total. The van der Waals surface area contributed by atoms with Crippen molar-refractivity contribution in [1.82, 2.24) is 30.0 Å². The van der Waals surface area contributed by atoms with Gasteiger partial charge < -0.3 is 0 Å². The van der Waals surface area contributed by atoms with Crippen molar-refractivity contribution in [3.63, 3.8) is 0 Å². The van der Waals surface area contributed by atoms with E-state index in [0.29, 0.717) is 12.4 Å². The number of benzene rings is 1. The fraction of sp³-hybridized carbons (Fsp3) is 0.167. The SMILES string of the molecule is CCn1nnc(-c2cnn(-c3ccccc3Br)c2Br)n1. The van der Waals surface area contributed by atoms with E-state index in [1.807, 2.05) is 31.2 Å². The summed E-state index contributed by atoms with van der Waals surface area (Å²) in [4.78, 5) is 1.54. The van der Waals surface area contributed by atoms with Gasteiger partial charge in [0.1, 0.15) is 4.60 Å². The van der Waals surface area contributed by atoms with Gasteiger partial charge in [0.05, 0.1) is 24.0 Å². The molecule has 2 heterocycles. The van der Waals surface area contributed by atoms with Crippen LogP contribution < -0.4 is 0 Å². The van der Waals surface area contributed by atoms with E-state index in [4.69, 9.17) is 0 Å². The number of tetrazole rings is 1. The third-order valence-corrected chi connectivity index (χ3v) is 4.20. The summed E-state index contributed by atoms with van der Waals surface area (Å²) in [5, 5.41) is 16.7. The van der Waals surface area contributed by atoms with Crippen molar-refractivity contribution in [1.29, 1.82) is 0 Å². The molecule has 2 aromatic heterocycles. The van der Waals surface area contributed by atoms with Crippen molar-refractivity contribution in [2.45, 2.75) is 13.5 Å².